The Hall–Kier alpha value is -4.74. The van der Waals surface area contributed by atoms with Crippen molar-refractivity contribution in [1.82, 2.24) is 0 Å². The summed E-state index contributed by atoms with van der Waals surface area (Å²) in [6, 6.07) is 2.06. The van der Waals surface area contributed by atoms with Crippen molar-refractivity contribution in [3.8, 4) is 69.0 Å². The fourth-order valence-electron chi connectivity index (χ4n) is 3.48. The molecule has 0 radical (unpaired) electrons. The van der Waals surface area contributed by atoms with Gasteiger partial charge in [0.1, 0.15) is 0 Å². The van der Waals surface area contributed by atoms with E-state index in [2.05, 4.69) is 0 Å². The molecule has 0 fully saturated rings. The molecule has 0 bridgehead atoms. The Morgan fingerprint density at radius 1 is 0.375 bits per heavy atom. The van der Waals surface area contributed by atoms with Crippen molar-refractivity contribution < 1.29 is 61.3 Å². The number of phenolic OH excluding ortho intramolecular Hbond substituents is 12. The minimum atomic E-state index is -2.27. The molecule has 0 unspecified atom stereocenters. The monoisotopic (exact) mass is 450 g/mol. The Bertz CT molecular complexity index is 1110. The Balaban J connectivity index is 2.60. The van der Waals surface area contributed by atoms with Crippen LogP contribution in [0.2, 0.25) is 0 Å². The minimum Gasteiger partial charge on any atom is -0.504 e. The first-order chi connectivity index (χ1) is 14.7. The quantitative estimate of drug-likeness (QED) is 0.154. The van der Waals surface area contributed by atoms with E-state index in [9.17, 15) is 61.3 Å². The summed E-state index contributed by atoms with van der Waals surface area (Å²) < 4.78 is 0. The van der Waals surface area contributed by atoms with Gasteiger partial charge in [0.15, 0.2) is 34.5 Å². The van der Waals surface area contributed by atoms with E-state index in [4.69, 9.17) is 0 Å². The molecule has 12 nitrogen and oxygen atoms in total. The van der Waals surface area contributed by atoms with Crippen LogP contribution >= 0.6 is 0 Å². The van der Waals surface area contributed by atoms with Gasteiger partial charge in [-0.2, -0.15) is 0 Å². The van der Waals surface area contributed by atoms with Gasteiger partial charge in [-0.1, -0.05) is 0 Å². The van der Waals surface area contributed by atoms with Crippen LogP contribution in [0.15, 0.2) is 18.2 Å². The van der Waals surface area contributed by atoms with E-state index in [0.717, 1.165) is 6.92 Å². The molecule has 0 aliphatic rings. The number of phenols is 12. The standard InChI is InChI=1S/C20H18O12/c1-20(5-2-8(21)14(27)17(30)11(5)24,6-3-9(22)15(28)18(31)12(6)25)7-4-10(23)16(29)19(32)13(7)26/h2-4,21-32H,1H3. The van der Waals surface area contributed by atoms with E-state index in [1.807, 2.05) is 0 Å². The number of rotatable bonds is 3. The molecule has 0 spiro atoms. The van der Waals surface area contributed by atoms with Crippen molar-refractivity contribution in [1.29, 1.82) is 0 Å². The Kier molecular flexibility index (Phi) is 4.74. The lowest BCUT2D eigenvalue weighted by molar-refractivity contribution is 0.328. The first-order valence-electron chi connectivity index (χ1n) is 8.67. The summed E-state index contributed by atoms with van der Waals surface area (Å²) in [6.45, 7) is 1.08. The van der Waals surface area contributed by atoms with Crippen LogP contribution in [0.1, 0.15) is 23.6 Å². The molecule has 0 amide bonds. The molecule has 0 atom stereocenters. The van der Waals surface area contributed by atoms with Gasteiger partial charge < -0.3 is 61.3 Å². The second kappa shape index (κ2) is 6.91. The van der Waals surface area contributed by atoms with E-state index in [-0.39, 0.29) is 0 Å². The maximum absolute atomic E-state index is 10.5. The molecule has 0 saturated heterocycles. The molecule has 3 aromatic rings. The predicted octanol–water partition coefficient (Wildman–Crippen LogP) is 1.51. The molecular weight excluding hydrogens is 432 g/mol. The van der Waals surface area contributed by atoms with E-state index in [0.29, 0.717) is 18.2 Å². The Labute approximate surface area is 178 Å². The molecular formula is C20H18O12. The molecule has 3 rings (SSSR count). The van der Waals surface area contributed by atoms with Crippen LogP contribution in [0.3, 0.4) is 0 Å². The lowest BCUT2D eigenvalue weighted by Gasteiger charge is -2.34. The first-order valence-corrected chi connectivity index (χ1v) is 8.67. The summed E-state index contributed by atoms with van der Waals surface area (Å²) in [6.07, 6.45) is 0. The topological polar surface area (TPSA) is 243 Å². The van der Waals surface area contributed by atoms with Crippen LogP contribution in [-0.4, -0.2) is 61.3 Å². The molecule has 0 aliphatic heterocycles. The number of aromatic hydroxyl groups is 12. The summed E-state index contributed by atoms with van der Waals surface area (Å²) in [5.74, 6) is -13.4. The van der Waals surface area contributed by atoms with Crippen molar-refractivity contribution in [2.75, 3.05) is 0 Å². The van der Waals surface area contributed by atoms with Crippen molar-refractivity contribution in [2.45, 2.75) is 12.3 Å². The zero-order valence-corrected chi connectivity index (χ0v) is 16.1. The molecule has 0 aliphatic carbocycles. The van der Waals surface area contributed by atoms with Gasteiger partial charge in [0, 0.05) is 16.7 Å². The summed E-state index contributed by atoms with van der Waals surface area (Å²) in [5, 5.41) is 121. The van der Waals surface area contributed by atoms with E-state index in [1.165, 1.54) is 0 Å². The van der Waals surface area contributed by atoms with E-state index >= 15 is 0 Å². The van der Waals surface area contributed by atoms with Crippen molar-refractivity contribution in [2.24, 2.45) is 0 Å². The highest BCUT2D eigenvalue weighted by atomic mass is 16.4. The van der Waals surface area contributed by atoms with Crippen LogP contribution in [0, 0.1) is 0 Å². The van der Waals surface area contributed by atoms with Crippen LogP contribution in [-0.2, 0) is 5.41 Å². The predicted molar refractivity (Wildman–Crippen MR) is 105 cm³/mol. The maximum Gasteiger partial charge on any atom is 0.204 e. The largest absolute Gasteiger partial charge is 0.504 e. The highest BCUT2D eigenvalue weighted by Crippen LogP contribution is 2.59. The summed E-state index contributed by atoms with van der Waals surface area (Å²) in [7, 11) is 0. The van der Waals surface area contributed by atoms with Crippen LogP contribution < -0.4 is 0 Å². The van der Waals surface area contributed by atoms with Gasteiger partial charge in [-0.15, -0.1) is 0 Å². The number of benzene rings is 3. The van der Waals surface area contributed by atoms with Gasteiger partial charge in [0.2, 0.25) is 34.5 Å². The summed E-state index contributed by atoms with van der Waals surface area (Å²) >= 11 is 0. The molecule has 0 saturated carbocycles. The normalized spacial score (nSPS) is 11.5. The van der Waals surface area contributed by atoms with Crippen molar-refractivity contribution >= 4 is 0 Å². The molecule has 12 N–H and O–H groups in total. The molecule has 12 heteroatoms. The van der Waals surface area contributed by atoms with Gasteiger partial charge in [-0.25, -0.2) is 0 Å². The van der Waals surface area contributed by atoms with Gasteiger partial charge in [-0.3, -0.25) is 0 Å². The lowest BCUT2D eigenvalue weighted by atomic mass is 9.69. The summed E-state index contributed by atoms with van der Waals surface area (Å²) in [4.78, 5) is 0. The third kappa shape index (κ3) is 2.77. The van der Waals surface area contributed by atoms with Gasteiger partial charge >= 0.3 is 0 Å². The number of hydrogen-bond donors (Lipinski definition) is 12. The zero-order chi connectivity index (χ0) is 24.3. The smallest absolute Gasteiger partial charge is 0.204 e. The summed E-state index contributed by atoms with van der Waals surface area (Å²) in [5.41, 5.74) is -4.05. The maximum atomic E-state index is 10.5. The second-order valence-electron chi connectivity index (χ2n) is 7.09. The SMILES string of the molecule is CC(c1cc(O)c(O)c(O)c1O)(c1cc(O)c(O)c(O)c1O)c1cc(O)c(O)c(O)c1O. The molecule has 0 aromatic heterocycles. The number of hydrogen-bond acceptors (Lipinski definition) is 12. The Morgan fingerprint density at radius 3 is 0.812 bits per heavy atom. The highest BCUT2D eigenvalue weighted by molar-refractivity contribution is 5.74. The van der Waals surface area contributed by atoms with Gasteiger partial charge in [0.25, 0.3) is 0 Å². The second-order valence-corrected chi connectivity index (χ2v) is 7.09. The van der Waals surface area contributed by atoms with Gasteiger partial charge in [-0.05, 0) is 25.1 Å². The van der Waals surface area contributed by atoms with Crippen LogP contribution in [0.25, 0.3) is 0 Å². The van der Waals surface area contributed by atoms with E-state index < -0.39 is 91.1 Å². The van der Waals surface area contributed by atoms with Crippen molar-refractivity contribution in [3.05, 3.63) is 34.9 Å². The fraction of sp³-hybridized carbons (Fsp3) is 0.100. The fourth-order valence-corrected chi connectivity index (χ4v) is 3.48. The zero-order valence-electron chi connectivity index (χ0n) is 16.1. The minimum absolute atomic E-state index is 0.593. The molecule has 3 aromatic carbocycles. The molecule has 170 valence electrons. The van der Waals surface area contributed by atoms with Crippen LogP contribution in [0.5, 0.6) is 69.0 Å². The van der Waals surface area contributed by atoms with Gasteiger partial charge in [0.05, 0.1) is 5.41 Å². The molecule has 0 heterocycles. The highest BCUT2D eigenvalue weighted by Gasteiger charge is 2.43. The molecule has 32 heavy (non-hydrogen) atoms. The first kappa shape index (κ1) is 22.0. The van der Waals surface area contributed by atoms with Crippen LogP contribution in [0.4, 0.5) is 0 Å². The lowest BCUT2D eigenvalue weighted by Crippen LogP contribution is -2.26. The van der Waals surface area contributed by atoms with E-state index in [1.54, 1.807) is 0 Å². The average molecular weight is 450 g/mol. The average Bonchev–Trinajstić information content (AvgIpc) is 2.76. The third-order valence-corrected chi connectivity index (χ3v) is 5.30. The third-order valence-electron chi connectivity index (χ3n) is 5.30. The van der Waals surface area contributed by atoms with Crippen molar-refractivity contribution in [3.63, 3.8) is 0 Å². The Morgan fingerprint density at radius 2 is 0.594 bits per heavy atom.